The first-order chi connectivity index (χ1) is 14.5. The van der Waals surface area contributed by atoms with Crippen LogP contribution in [0, 0.1) is 11.3 Å². The van der Waals surface area contributed by atoms with Gasteiger partial charge in [0.1, 0.15) is 17.6 Å². The largest absolute Gasteiger partial charge is 0.482 e. The predicted molar refractivity (Wildman–Crippen MR) is 106 cm³/mol. The maximum atomic E-state index is 12.4. The Morgan fingerprint density at radius 3 is 2.63 bits per heavy atom. The predicted octanol–water partition coefficient (Wildman–Crippen LogP) is 1.29. The third-order valence-corrected chi connectivity index (χ3v) is 4.34. The van der Waals surface area contributed by atoms with Gasteiger partial charge in [0.15, 0.2) is 12.7 Å². The molecule has 3 rings (SSSR count). The third kappa shape index (κ3) is 4.86. The number of nitrogens with one attached hydrogen (secondary N) is 2. The number of hydrazine groups is 1. The lowest BCUT2D eigenvalue weighted by molar-refractivity contribution is -0.130. The number of para-hydroxylation sites is 3. The fraction of sp³-hybridized carbons (Fsp3) is 0.238. The molecule has 1 unspecified atom stereocenters. The van der Waals surface area contributed by atoms with Gasteiger partial charge in [0, 0.05) is 13.0 Å². The second-order valence-corrected chi connectivity index (χ2v) is 6.46. The van der Waals surface area contributed by atoms with Crippen molar-refractivity contribution >= 4 is 23.4 Å². The van der Waals surface area contributed by atoms with Crippen molar-refractivity contribution in [2.75, 3.05) is 18.1 Å². The molecular weight excluding hydrogens is 388 g/mol. The van der Waals surface area contributed by atoms with Gasteiger partial charge in [0.05, 0.1) is 11.3 Å². The van der Waals surface area contributed by atoms with Crippen LogP contribution in [0.25, 0.3) is 0 Å². The highest BCUT2D eigenvalue weighted by Gasteiger charge is 2.31. The summed E-state index contributed by atoms with van der Waals surface area (Å²) >= 11 is 0. The van der Waals surface area contributed by atoms with Crippen LogP contribution in [0.15, 0.2) is 48.5 Å². The van der Waals surface area contributed by atoms with Gasteiger partial charge in [0.25, 0.3) is 11.8 Å². The topological polar surface area (TPSA) is 121 Å². The Kier molecular flexibility index (Phi) is 6.49. The molecule has 0 aliphatic carbocycles. The number of hydrogen-bond acceptors (Lipinski definition) is 6. The summed E-state index contributed by atoms with van der Waals surface area (Å²) in [6.45, 7) is 1.42. The van der Waals surface area contributed by atoms with E-state index in [1.807, 2.05) is 6.07 Å². The van der Waals surface area contributed by atoms with Crippen molar-refractivity contribution in [3.63, 3.8) is 0 Å². The summed E-state index contributed by atoms with van der Waals surface area (Å²) in [6, 6.07) is 15.6. The van der Waals surface area contributed by atoms with Crippen molar-refractivity contribution in [2.24, 2.45) is 0 Å². The molecule has 2 aromatic rings. The molecule has 0 aromatic heterocycles. The van der Waals surface area contributed by atoms with Crippen molar-refractivity contribution in [3.8, 4) is 17.6 Å². The number of benzene rings is 2. The molecule has 30 heavy (non-hydrogen) atoms. The van der Waals surface area contributed by atoms with E-state index in [-0.39, 0.29) is 31.2 Å². The third-order valence-electron chi connectivity index (χ3n) is 4.34. The van der Waals surface area contributed by atoms with E-state index in [1.54, 1.807) is 55.5 Å². The molecule has 0 saturated carbocycles. The zero-order valence-corrected chi connectivity index (χ0v) is 16.3. The summed E-state index contributed by atoms with van der Waals surface area (Å²) in [4.78, 5) is 37.8. The highest BCUT2D eigenvalue weighted by Crippen LogP contribution is 2.33. The van der Waals surface area contributed by atoms with Crippen LogP contribution in [0.1, 0.15) is 18.9 Å². The summed E-state index contributed by atoms with van der Waals surface area (Å²) in [5, 5.41) is 9.00. The molecule has 9 nitrogen and oxygen atoms in total. The number of amides is 3. The normalized spacial score (nSPS) is 14.7. The fourth-order valence-corrected chi connectivity index (χ4v) is 2.87. The average Bonchev–Trinajstić information content (AvgIpc) is 2.76. The summed E-state index contributed by atoms with van der Waals surface area (Å²) in [6.07, 6.45) is -0.665. The van der Waals surface area contributed by atoms with E-state index >= 15 is 0 Å². The zero-order chi connectivity index (χ0) is 21.5. The molecule has 0 fully saturated rings. The van der Waals surface area contributed by atoms with E-state index in [4.69, 9.17) is 14.7 Å². The first kappa shape index (κ1) is 20.7. The maximum Gasteiger partial charge on any atom is 0.276 e. The molecule has 2 aromatic carbocycles. The van der Waals surface area contributed by atoms with Gasteiger partial charge in [-0.1, -0.05) is 24.3 Å². The smallest absolute Gasteiger partial charge is 0.276 e. The fourth-order valence-electron chi connectivity index (χ4n) is 2.87. The molecule has 0 radical (unpaired) electrons. The molecular formula is C21H20N4O5. The maximum absolute atomic E-state index is 12.4. The molecule has 3 amide bonds. The van der Waals surface area contributed by atoms with Gasteiger partial charge in [-0.05, 0) is 31.2 Å². The molecule has 1 atom stereocenters. The van der Waals surface area contributed by atoms with Crippen LogP contribution >= 0.6 is 0 Å². The number of ether oxygens (including phenoxy) is 2. The van der Waals surface area contributed by atoms with Gasteiger partial charge in [-0.15, -0.1) is 0 Å². The van der Waals surface area contributed by atoms with Crippen LogP contribution in [-0.4, -0.2) is 37.0 Å². The Bertz CT molecular complexity index is 1000. The van der Waals surface area contributed by atoms with Crippen LogP contribution in [0.2, 0.25) is 0 Å². The molecule has 2 N–H and O–H groups in total. The number of hydrogen-bond donors (Lipinski definition) is 2. The summed E-state index contributed by atoms with van der Waals surface area (Å²) < 4.78 is 10.8. The molecule has 0 bridgehead atoms. The van der Waals surface area contributed by atoms with E-state index in [2.05, 4.69) is 10.9 Å². The minimum absolute atomic E-state index is 0.0226. The quantitative estimate of drug-likeness (QED) is 0.695. The van der Waals surface area contributed by atoms with Crippen LogP contribution in [0.3, 0.4) is 0 Å². The Labute approximate surface area is 173 Å². The van der Waals surface area contributed by atoms with E-state index in [0.717, 1.165) is 0 Å². The summed E-state index contributed by atoms with van der Waals surface area (Å²) in [5.74, 6) is -0.439. The average molecular weight is 408 g/mol. The SMILES string of the molecule is CC1Oc2ccccc2N(CCC(=O)NNC(=O)COc2ccccc2C#N)C1=O. The van der Waals surface area contributed by atoms with Crippen molar-refractivity contribution in [2.45, 2.75) is 19.4 Å². The van der Waals surface area contributed by atoms with Crippen LogP contribution < -0.4 is 25.2 Å². The number of carbonyl (C=O) groups excluding carboxylic acids is 3. The van der Waals surface area contributed by atoms with E-state index in [9.17, 15) is 14.4 Å². The zero-order valence-electron chi connectivity index (χ0n) is 16.3. The lowest BCUT2D eigenvalue weighted by Crippen LogP contribution is -2.48. The van der Waals surface area contributed by atoms with Crippen molar-refractivity contribution in [1.82, 2.24) is 10.9 Å². The first-order valence-electron chi connectivity index (χ1n) is 9.26. The minimum Gasteiger partial charge on any atom is -0.482 e. The standard InChI is InChI=1S/C21H20N4O5/c1-14-21(28)25(16-7-3-5-9-18(16)30-14)11-10-19(26)23-24-20(27)13-29-17-8-4-2-6-15(17)12-22/h2-9,14H,10-11,13H2,1H3,(H,23,26)(H,24,27). The number of nitriles is 1. The van der Waals surface area contributed by atoms with Gasteiger partial charge in [-0.25, -0.2) is 0 Å². The summed E-state index contributed by atoms with van der Waals surface area (Å²) in [5.41, 5.74) is 5.43. The minimum atomic E-state index is -0.642. The van der Waals surface area contributed by atoms with Crippen LogP contribution in [0.5, 0.6) is 11.5 Å². The van der Waals surface area contributed by atoms with Crippen molar-refractivity contribution < 1.29 is 23.9 Å². The second kappa shape index (κ2) is 9.43. The highest BCUT2D eigenvalue weighted by molar-refractivity contribution is 6.00. The van der Waals surface area contributed by atoms with Gasteiger partial charge in [-0.2, -0.15) is 5.26 Å². The Morgan fingerprint density at radius 1 is 1.13 bits per heavy atom. The molecule has 1 heterocycles. The Hall–Kier alpha value is -4.06. The molecule has 154 valence electrons. The lowest BCUT2D eigenvalue weighted by atomic mass is 10.1. The monoisotopic (exact) mass is 408 g/mol. The van der Waals surface area contributed by atoms with Crippen LogP contribution in [0.4, 0.5) is 5.69 Å². The van der Waals surface area contributed by atoms with Gasteiger partial charge in [-0.3, -0.25) is 25.2 Å². The van der Waals surface area contributed by atoms with Crippen molar-refractivity contribution in [3.05, 3.63) is 54.1 Å². The van der Waals surface area contributed by atoms with Gasteiger partial charge in [0.2, 0.25) is 5.91 Å². The Morgan fingerprint density at radius 2 is 1.83 bits per heavy atom. The number of fused-ring (bicyclic) bond motifs is 1. The highest BCUT2D eigenvalue weighted by atomic mass is 16.5. The van der Waals surface area contributed by atoms with E-state index in [1.165, 1.54) is 4.90 Å². The van der Waals surface area contributed by atoms with Crippen molar-refractivity contribution in [1.29, 1.82) is 5.26 Å². The van der Waals surface area contributed by atoms with E-state index < -0.39 is 17.9 Å². The second-order valence-electron chi connectivity index (χ2n) is 6.46. The summed E-state index contributed by atoms with van der Waals surface area (Å²) in [7, 11) is 0. The molecule has 1 aliphatic rings. The van der Waals surface area contributed by atoms with Crippen LogP contribution in [-0.2, 0) is 14.4 Å². The lowest BCUT2D eigenvalue weighted by Gasteiger charge is -2.32. The number of nitrogens with zero attached hydrogens (tertiary/aromatic N) is 2. The number of rotatable bonds is 6. The Balaban J connectivity index is 1.46. The molecule has 0 spiro atoms. The van der Waals surface area contributed by atoms with E-state index in [0.29, 0.717) is 17.0 Å². The molecule has 0 saturated heterocycles. The number of anilines is 1. The van der Waals surface area contributed by atoms with Gasteiger partial charge >= 0.3 is 0 Å². The first-order valence-corrected chi connectivity index (χ1v) is 9.26. The number of carbonyl (C=O) groups is 3. The molecule has 9 heteroatoms. The molecule has 1 aliphatic heterocycles. The van der Waals surface area contributed by atoms with Gasteiger partial charge < -0.3 is 14.4 Å².